The molecule has 26 heavy (non-hydrogen) atoms. The van der Waals surface area contributed by atoms with Gasteiger partial charge in [0.25, 0.3) is 0 Å². The van der Waals surface area contributed by atoms with E-state index < -0.39 is 5.97 Å². The highest BCUT2D eigenvalue weighted by Gasteiger charge is 2.25. The Balaban J connectivity index is 1.77. The summed E-state index contributed by atoms with van der Waals surface area (Å²) in [6.07, 6.45) is 7.42. The van der Waals surface area contributed by atoms with Crippen LogP contribution in [0.4, 0.5) is 0 Å². The summed E-state index contributed by atoms with van der Waals surface area (Å²) in [5, 5.41) is 13.7. The lowest BCUT2D eigenvalue weighted by Crippen LogP contribution is -2.32. The zero-order chi connectivity index (χ0) is 18.5. The van der Waals surface area contributed by atoms with E-state index in [-0.39, 0.29) is 12.5 Å². The summed E-state index contributed by atoms with van der Waals surface area (Å²) in [5.41, 5.74) is 4.56. The molecule has 0 unspecified atom stereocenters. The topological polar surface area (TPSA) is 58.4 Å². The minimum absolute atomic E-state index is 0.178. The number of likely N-dealkylation sites (tertiary alicyclic amines) is 1. The molecule has 5 nitrogen and oxygen atoms in total. The minimum Gasteiger partial charge on any atom is -0.481 e. The lowest BCUT2D eigenvalue weighted by Gasteiger charge is -2.22. The van der Waals surface area contributed by atoms with E-state index in [2.05, 4.69) is 47.3 Å². The van der Waals surface area contributed by atoms with Gasteiger partial charge in [-0.2, -0.15) is 5.10 Å². The van der Waals surface area contributed by atoms with Crippen LogP contribution in [0.5, 0.6) is 0 Å². The number of carboxylic acid groups (broad SMARTS) is 1. The van der Waals surface area contributed by atoms with Crippen LogP contribution in [0, 0.1) is 6.92 Å². The maximum atomic E-state index is 11.0. The van der Waals surface area contributed by atoms with Crippen molar-refractivity contribution >= 4 is 11.5 Å². The molecule has 1 aromatic carbocycles. The molecule has 0 spiro atoms. The van der Waals surface area contributed by atoms with E-state index in [1.807, 2.05) is 24.0 Å². The number of carbonyl (C=O) groups is 1. The van der Waals surface area contributed by atoms with Crippen molar-refractivity contribution in [3.63, 3.8) is 0 Å². The maximum Gasteiger partial charge on any atom is 0.304 e. The van der Waals surface area contributed by atoms with Crippen molar-refractivity contribution in [3.05, 3.63) is 59.4 Å². The van der Waals surface area contributed by atoms with Crippen LogP contribution in [-0.4, -0.2) is 44.9 Å². The van der Waals surface area contributed by atoms with E-state index in [0.29, 0.717) is 0 Å². The molecule has 1 N–H and O–H groups in total. The Kier molecular flexibility index (Phi) is 5.89. The highest BCUT2D eigenvalue weighted by Crippen LogP contribution is 2.26. The number of nitrogens with zero attached hydrogens (tertiary/aromatic N) is 3. The fourth-order valence-corrected chi connectivity index (χ4v) is 3.78. The molecule has 1 aromatic heterocycles. The van der Waals surface area contributed by atoms with Crippen molar-refractivity contribution in [1.82, 2.24) is 14.7 Å². The third kappa shape index (κ3) is 4.41. The molecule has 1 aliphatic rings. The molecule has 1 fully saturated rings. The first-order valence-electron chi connectivity index (χ1n) is 9.26. The van der Waals surface area contributed by atoms with Gasteiger partial charge in [-0.1, -0.05) is 30.3 Å². The number of aromatic nitrogens is 2. The van der Waals surface area contributed by atoms with Gasteiger partial charge in [-0.15, -0.1) is 0 Å². The van der Waals surface area contributed by atoms with Crippen molar-refractivity contribution in [2.45, 2.75) is 38.6 Å². The summed E-state index contributed by atoms with van der Waals surface area (Å²) in [4.78, 5) is 13.4. The largest absolute Gasteiger partial charge is 0.481 e. The number of benzene rings is 1. The fraction of sp³-hybridized carbons (Fsp3) is 0.429. The predicted octanol–water partition coefficient (Wildman–Crippen LogP) is 3.49. The summed E-state index contributed by atoms with van der Waals surface area (Å²) >= 11 is 0. The number of aliphatic carboxylic acids is 1. The Hall–Kier alpha value is -2.40. The smallest absolute Gasteiger partial charge is 0.304 e. The fourth-order valence-electron chi connectivity index (χ4n) is 3.78. The summed E-state index contributed by atoms with van der Waals surface area (Å²) in [6.45, 7) is 4.00. The Morgan fingerprint density at radius 1 is 1.35 bits per heavy atom. The average Bonchev–Trinajstić information content (AvgIpc) is 3.21. The van der Waals surface area contributed by atoms with Gasteiger partial charge in [0.15, 0.2) is 0 Å². The summed E-state index contributed by atoms with van der Waals surface area (Å²) < 4.78 is 1.82. The SMILES string of the molecule is Cc1ccccc1C(=CCCN1CCC[C@H]1CC(=O)O)c1ccn(C)n1. The lowest BCUT2D eigenvalue weighted by molar-refractivity contribution is -0.138. The number of carboxylic acids is 1. The van der Waals surface area contributed by atoms with Crippen LogP contribution in [0.2, 0.25) is 0 Å². The molecule has 0 aliphatic carbocycles. The van der Waals surface area contributed by atoms with E-state index in [1.54, 1.807) is 0 Å². The Labute approximate surface area is 154 Å². The van der Waals surface area contributed by atoms with Crippen molar-refractivity contribution in [3.8, 4) is 0 Å². The molecule has 3 rings (SSSR count). The third-order valence-electron chi connectivity index (χ3n) is 5.10. The van der Waals surface area contributed by atoms with Gasteiger partial charge in [0.2, 0.25) is 0 Å². The highest BCUT2D eigenvalue weighted by atomic mass is 16.4. The normalized spacial score (nSPS) is 18.4. The van der Waals surface area contributed by atoms with Gasteiger partial charge < -0.3 is 5.11 Å². The minimum atomic E-state index is -0.702. The number of hydrogen-bond acceptors (Lipinski definition) is 3. The molecule has 1 saturated heterocycles. The number of rotatable bonds is 7. The zero-order valence-corrected chi connectivity index (χ0v) is 15.6. The Bertz CT molecular complexity index is 794. The zero-order valence-electron chi connectivity index (χ0n) is 15.6. The summed E-state index contributed by atoms with van der Waals surface area (Å²) in [5.74, 6) is -0.702. The Morgan fingerprint density at radius 2 is 2.15 bits per heavy atom. The molecule has 0 amide bonds. The third-order valence-corrected chi connectivity index (χ3v) is 5.10. The second kappa shape index (κ2) is 8.32. The molecule has 0 radical (unpaired) electrons. The first-order chi connectivity index (χ1) is 12.5. The molecular formula is C21H27N3O2. The molecule has 0 saturated carbocycles. The van der Waals surface area contributed by atoms with Gasteiger partial charge in [0.1, 0.15) is 0 Å². The van der Waals surface area contributed by atoms with Crippen molar-refractivity contribution < 1.29 is 9.90 Å². The van der Waals surface area contributed by atoms with E-state index in [4.69, 9.17) is 5.11 Å². The van der Waals surface area contributed by atoms with Gasteiger partial charge >= 0.3 is 5.97 Å². The highest BCUT2D eigenvalue weighted by molar-refractivity contribution is 5.79. The molecule has 2 heterocycles. The van der Waals surface area contributed by atoms with Crippen LogP contribution in [0.15, 0.2) is 42.6 Å². The molecule has 2 aromatic rings. The second-order valence-corrected chi connectivity index (χ2v) is 7.03. The molecule has 0 bridgehead atoms. The first-order valence-corrected chi connectivity index (χ1v) is 9.26. The first kappa shape index (κ1) is 18.4. The molecule has 138 valence electrons. The van der Waals surface area contributed by atoms with Gasteiger partial charge in [-0.05, 0) is 49.9 Å². The van der Waals surface area contributed by atoms with Crippen LogP contribution < -0.4 is 0 Å². The quantitative estimate of drug-likeness (QED) is 0.828. The van der Waals surface area contributed by atoms with Gasteiger partial charge in [0.05, 0.1) is 12.1 Å². The second-order valence-electron chi connectivity index (χ2n) is 7.03. The molecule has 5 heteroatoms. The molecule has 1 atom stereocenters. The van der Waals surface area contributed by atoms with Crippen molar-refractivity contribution in [1.29, 1.82) is 0 Å². The van der Waals surface area contributed by atoms with Gasteiger partial charge in [-0.25, -0.2) is 0 Å². The summed E-state index contributed by atoms with van der Waals surface area (Å²) in [6, 6.07) is 10.6. The van der Waals surface area contributed by atoms with Crippen molar-refractivity contribution in [2.24, 2.45) is 7.05 Å². The Morgan fingerprint density at radius 3 is 2.85 bits per heavy atom. The lowest BCUT2D eigenvalue weighted by atomic mass is 9.97. The van der Waals surface area contributed by atoms with Crippen LogP contribution in [0.3, 0.4) is 0 Å². The predicted molar refractivity (Wildman–Crippen MR) is 103 cm³/mol. The molecular weight excluding hydrogens is 326 g/mol. The van der Waals surface area contributed by atoms with E-state index >= 15 is 0 Å². The maximum absolute atomic E-state index is 11.0. The van der Waals surface area contributed by atoms with E-state index in [9.17, 15) is 4.79 Å². The summed E-state index contributed by atoms with van der Waals surface area (Å²) in [7, 11) is 1.93. The van der Waals surface area contributed by atoms with Crippen LogP contribution in [-0.2, 0) is 11.8 Å². The van der Waals surface area contributed by atoms with E-state index in [1.165, 1.54) is 11.1 Å². The van der Waals surface area contributed by atoms with E-state index in [0.717, 1.165) is 43.6 Å². The standard InChI is InChI=1S/C21H27N3O2/c1-16-7-3-4-9-18(16)19(20-11-14-23(2)22-20)10-6-13-24-12-5-8-17(24)15-21(25)26/h3-4,7,9-11,14,17H,5-6,8,12-13,15H2,1-2H3,(H,25,26)/t17-/m0/s1. The number of hydrogen-bond donors (Lipinski definition) is 1. The monoisotopic (exact) mass is 353 g/mol. The van der Waals surface area contributed by atoms with Crippen molar-refractivity contribution in [2.75, 3.05) is 13.1 Å². The van der Waals surface area contributed by atoms with Gasteiger partial charge in [-0.3, -0.25) is 14.4 Å². The van der Waals surface area contributed by atoms with Gasteiger partial charge in [0, 0.05) is 31.4 Å². The average molecular weight is 353 g/mol. The van der Waals surface area contributed by atoms with Crippen LogP contribution >= 0.6 is 0 Å². The van der Waals surface area contributed by atoms with Crippen LogP contribution in [0.1, 0.15) is 42.5 Å². The van der Waals surface area contributed by atoms with Crippen LogP contribution in [0.25, 0.3) is 5.57 Å². The molecule has 1 aliphatic heterocycles. The number of aryl methyl sites for hydroxylation is 2.